The van der Waals surface area contributed by atoms with Gasteiger partial charge in [-0.2, -0.15) is 0 Å². The van der Waals surface area contributed by atoms with Gasteiger partial charge in [-0.25, -0.2) is 13.2 Å². The van der Waals surface area contributed by atoms with Crippen molar-refractivity contribution in [3.63, 3.8) is 0 Å². The zero-order valence-electron chi connectivity index (χ0n) is 14.6. The molecule has 0 bridgehead atoms. The number of sulfone groups is 1. The second-order valence-corrected chi connectivity index (χ2v) is 8.44. The number of hydrogen-bond acceptors (Lipinski definition) is 6. The molecule has 0 unspecified atom stereocenters. The van der Waals surface area contributed by atoms with Crippen LogP contribution in [-0.2, 0) is 19.4 Å². The van der Waals surface area contributed by atoms with Crippen LogP contribution in [0.5, 0.6) is 0 Å². The lowest BCUT2D eigenvalue weighted by molar-refractivity contribution is -0.121. The average molecular weight is 421 g/mol. The molecule has 7 nitrogen and oxygen atoms in total. The Morgan fingerprint density at radius 2 is 1.86 bits per heavy atom. The van der Waals surface area contributed by atoms with Crippen LogP contribution in [0.1, 0.15) is 10.4 Å². The van der Waals surface area contributed by atoms with Crippen LogP contribution in [0.4, 0.5) is 11.4 Å². The molecule has 0 saturated heterocycles. The molecule has 0 aromatic heterocycles. The van der Waals surface area contributed by atoms with E-state index in [1.165, 1.54) is 23.1 Å². The van der Waals surface area contributed by atoms with Crippen LogP contribution in [0.3, 0.4) is 0 Å². The number of hydrogen-bond donors (Lipinski definition) is 1. The molecule has 9 heteroatoms. The number of halogens is 1. The molecule has 0 radical (unpaired) electrons. The van der Waals surface area contributed by atoms with Crippen LogP contribution in [0.2, 0.25) is 5.02 Å². The largest absolute Gasteiger partial charge is 0.452 e. The second kappa shape index (κ2) is 8.04. The van der Waals surface area contributed by atoms with Crippen molar-refractivity contribution in [2.75, 3.05) is 23.0 Å². The zero-order chi connectivity index (χ0) is 20.3. The molecule has 2 aromatic rings. The summed E-state index contributed by atoms with van der Waals surface area (Å²) in [6, 6.07) is 12.4. The van der Waals surface area contributed by atoms with Crippen molar-refractivity contribution < 1.29 is 22.7 Å². The number of carbonyl (C=O) groups is 2. The number of carbonyl (C=O) groups excluding carboxylic acids is 2. The highest BCUT2D eigenvalue weighted by atomic mass is 35.5. The molecule has 1 aliphatic heterocycles. The summed E-state index contributed by atoms with van der Waals surface area (Å²) in [7, 11) is -3.38. The minimum Gasteiger partial charge on any atom is -0.452 e. The lowest BCUT2D eigenvalue weighted by Crippen LogP contribution is -2.43. The van der Waals surface area contributed by atoms with Crippen LogP contribution in [0.25, 0.3) is 0 Å². The van der Waals surface area contributed by atoms with Crippen molar-refractivity contribution in [3.8, 4) is 0 Å². The van der Waals surface area contributed by atoms with Crippen molar-refractivity contribution >= 4 is 44.7 Å². The lowest BCUT2D eigenvalue weighted by atomic mass is 10.2. The number of ether oxygens (including phenoxy) is 1. The first-order valence-corrected chi connectivity index (χ1v) is 10.4. The highest BCUT2D eigenvalue weighted by Crippen LogP contribution is 2.24. The van der Waals surface area contributed by atoms with Crippen molar-refractivity contribution in [1.29, 1.82) is 0 Å². The average Bonchev–Trinajstić information content (AvgIpc) is 3.02. The maximum atomic E-state index is 12.8. The number of benzene rings is 2. The predicted octanol–water partition coefficient (Wildman–Crippen LogP) is 2.42. The molecule has 28 heavy (non-hydrogen) atoms. The number of nitrogens with two attached hydrogens (primary N) is 1. The van der Waals surface area contributed by atoms with E-state index in [0.29, 0.717) is 5.69 Å². The molecule has 0 aliphatic carbocycles. The van der Waals surface area contributed by atoms with Crippen molar-refractivity contribution in [1.82, 2.24) is 0 Å². The monoisotopic (exact) mass is 420 g/mol. The van der Waals surface area contributed by atoms with Crippen LogP contribution in [0, 0.1) is 0 Å². The molecule has 3 rings (SSSR count). The summed E-state index contributed by atoms with van der Waals surface area (Å²) in [5.74, 6) is -1.59. The van der Waals surface area contributed by atoms with E-state index in [2.05, 4.69) is 0 Å². The van der Waals surface area contributed by atoms with Crippen LogP contribution in [-0.4, -0.2) is 38.7 Å². The number of anilines is 2. The molecule has 1 heterocycles. The zero-order valence-corrected chi connectivity index (χ0v) is 16.2. The summed E-state index contributed by atoms with van der Waals surface area (Å²) >= 11 is 5.89. The number of rotatable bonds is 5. The summed E-state index contributed by atoms with van der Waals surface area (Å²) in [4.78, 5) is 26.4. The fourth-order valence-electron chi connectivity index (χ4n) is 2.82. The van der Waals surface area contributed by atoms with Gasteiger partial charge in [0.25, 0.3) is 5.91 Å². The van der Waals surface area contributed by atoms with Crippen LogP contribution >= 0.6 is 11.6 Å². The first kappa shape index (κ1) is 19.9. The first-order valence-electron chi connectivity index (χ1n) is 8.27. The molecule has 2 aromatic carbocycles. The van der Waals surface area contributed by atoms with E-state index < -0.39 is 34.4 Å². The van der Waals surface area contributed by atoms with Gasteiger partial charge in [0, 0.05) is 11.1 Å². The Bertz CT molecular complexity index is 1040. The fourth-order valence-corrected chi connectivity index (χ4v) is 4.26. The predicted molar refractivity (Wildman–Crippen MR) is 107 cm³/mol. The maximum absolute atomic E-state index is 12.8. The number of para-hydroxylation sites is 2. The summed E-state index contributed by atoms with van der Waals surface area (Å²) < 4.78 is 28.7. The second-order valence-electron chi connectivity index (χ2n) is 6.10. The van der Waals surface area contributed by atoms with Gasteiger partial charge >= 0.3 is 5.97 Å². The number of amides is 1. The van der Waals surface area contributed by atoms with Gasteiger partial charge < -0.3 is 15.4 Å². The fraction of sp³-hybridized carbons (Fsp3) is 0.158. The van der Waals surface area contributed by atoms with Crippen molar-refractivity contribution in [3.05, 3.63) is 70.6 Å². The maximum Gasteiger partial charge on any atom is 0.340 e. The molecule has 2 N–H and O–H groups in total. The highest BCUT2D eigenvalue weighted by Gasteiger charge is 2.32. The van der Waals surface area contributed by atoms with E-state index in [1.54, 1.807) is 36.4 Å². The smallest absolute Gasteiger partial charge is 0.340 e. The summed E-state index contributed by atoms with van der Waals surface area (Å²) in [6.45, 7) is -0.579. The number of esters is 1. The quantitative estimate of drug-likeness (QED) is 0.588. The van der Waals surface area contributed by atoms with Gasteiger partial charge in [-0.15, -0.1) is 0 Å². The Balaban J connectivity index is 1.78. The van der Waals surface area contributed by atoms with Crippen LogP contribution < -0.4 is 10.6 Å². The SMILES string of the molecule is Nc1c(Cl)cccc1C(=O)OCC(=O)N(c1ccccc1)[C@H]1C=CS(=O)(=O)C1. The lowest BCUT2D eigenvalue weighted by Gasteiger charge is -2.27. The highest BCUT2D eigenvalue weighted by molar-refractivity contribution is 7.94. The van der Waals surface area contributed by atoms with Gasteiger partial charge in [0.15, 0.2) is 16.4 Å². The third-order valence-corrected chi connectivity index (χ3v) is 5.85. The minimum absolute atomic E-state index is 0.0508. The topological polar surface area (TPSA) is 107 Å². The van der Waals surface area contributed by atoms with Gasteiger partial charge in [-0.1, -0.05) is 35.9 Å². The van der Waals surface area contributed by atoms with Gasteiger partial charge in [0.05, 0.1) is 28.1 Å². The van der Waals surface area contributed by atoms with Gasteiger partial charge in [-0.3, -0.25) is 4.79 Å². The van der Waals surface area contributed by atoms with E-state index in [1.807, 2.05) is 0 Å². The molecule has 0 spiro atoms. The molecule has 146 valence electrons. The van der Waals surface area contributed by atoms with Crippen molar-refractivity contribution in [2.45, 2.75) is 6.04 Å². The Labute approximate surface area is 167 Å². The van der Waals surface area contributed by atoms with Gasteiger partial charge in [0.2, 0.25) is 0 Å². The first-order chi connectivity index (χ1) is 13.3. The number of nitrogen functional groups attached to an aromatic ring is 1. The number of nitrogens with zero attached hydrogens (tertiary/aromatic N) is 1. The summed E-state index contributed by atoms with van der Waals surface area (Å²) in [5.41, 5.74) is 6.38. The van der Waals surface area contributed by atoms with Crippen LogP contribution in [0.15, 0.2) is 60.0 Å². The van der Waals surface area contributed by atoms with E-state index >= 15 is 0 Å². The normalized spacial score (nSPS) is 17.2. The van der Waals surface area contributed by atoms with E-state index in [4.69, 9.17) is 22.1 Å². The van der Waals surface area contributed by atoms with Crippen molar-refractivity contribution in [2.24, 2.45) is 0 Å². The third-order valence-electron chi connectivity index (χ3n) is 4.15. The molecule has 0 saturated carbocycles. The molecular formula is C19H17ClN2O5S. The Morgan fingerprint density at radius 3 is 2.50 bits per heavy atom. The van der Waals surface area contributed by atoms with E-state index in [-0.39, 0.29) is 22.0 Å². The van der Waals surface area contributed by atoms with Gasteiger partial charge in [0.1, 0.15) is 0 Å². The Hall–Kier alpha value is -2.84. The van der Waals surface area contributed by atoms with Gasteiger partial charge in [-0.05, 0) is 30.3 Å². The summed E-state index contributed by atoms with van der Waals surface area (Å²) in [5, 5.41) is 1.28. The molecule has 1 atom stereocenters. The molecule has 0 fully saturated rings. The Morgan fingerprint density at radius 1 is 1.14 bits per heavy atom. The third kappa shape index (κ3) is 4.35. The van der Waals surface area contributed by atoms with E-state index in [9.17, 15) is 18.0 Å². The minimum atomic E-state index is -3.38. The molecule has 1 aliphatic rings. The summed E-state index contributed by atoms with van der Waals surface area (Å²) in [6.07, 6.45) is 1.44. The Kier molecular flexibility index (Phi) is 5.71. The molecule has 1 amide bonds. The molecular weight excluding hydrogens is 404 g/mol. The standard InChI is InChI=1S/C19H17ClN2O5S/c20-16-8-4-7-15(18(16)21)19(24)27-11-17(23)22(13-5-2-1-3-6-13)14-9-10-28(25,26)12-14/h1-10,14H,11-12,21H2/t14-/m0/s1. The van der Waals surface area contributed by atoms with E-state index in [0.717, 1.165) is 5.41 Å².